The summed E-state index contributed by atoms with van der Waals surface area (Å²) in [4.78, 5) is 12.7. The van der Waals surface area contributed by atoms with E-state index in [1.165, 1.54) is 0 Å². The number of aromatic nitrogens is 3. The van der Waals surface area contributed by atoms with Crippen molar-refractivity contribution >= 4 is 29.9 Å². The fourth-order valence-electron chi connectivity index (χ4n) is 2.44. The predicted molar refractivity (Wildman–Crippen MR) is 117 cm³/mol. The number of aliphatic imine (C=N–C) groups is 1. The number of nitrogens with one attached hydrogen (secondary N) is 2. The van der Waals surface area contributed by atoms with Gasteiger partial charge in [-0.2, -0.15) is 0 Å². The highest BCUT2D eigenvalue weighted by molar-refractivity contribution is 14.0. The van der Waals surface area contributed by atoms with Crippen molar-refractivity contribution in [2.24, 2.45) is 4.99 Å². The van der Waals surface area contributed by atoms with E-state index in [1.807, 2.05) is 53.4 Å². The van der Waals surface area contributed by atoms with Gasteiger partial charge in [-0.25, -0.2) is 9.97 Å². The van der Waals surface area contributed by atoms with Crippen molar-refractivity contribution in [3.8, 4) is 11.6 Å². The molecule has 2 aromatic heterocycles. The molecule has 27 heavy (non-hydrogen) atoms. The molecule has 8 heteroatoms. The number of imidazole rings is 1. The van der Waals surface area contributed by atoms with Crippen molar-refractivity contribution in [2.75, 3.05) is 14.2 Å². The van der Waals surface area contributed by atoms with Crippen LogP contribution in [0.2, 0.25) is 0 Å². The molecule has 0 unspecified atom stereocenters. The van der Waals surface area contributed by atoms with Crippen LogP contribution < -0.4 is 15.4 Å². The van der Waals surface area contributed by atoms with Crippen LogP contribution in [0.3, 0.4) is 0 Å². The second-order valence-electron chi connectivity index (χ2n) is 5.63. The molecule has 0 amide bonds. The van der Waals surface area contributed by atoms with Gasteiger partial charge in [0.2, 0.25) is 0 Å². The van der Waals surface area contributed by atoms with Gasteiger partial charge < -0.3 is 15.4 Å². The minimum Gasteiger partial charge on any atom is -0.497 e. The van der Waals surface area contributed by atoms with Gasteiger partial charge in [0.1, 0.15) is 17.9 Å². The van der Waals surface area contributed by atoms with Gasteiger partial charge in [0, 0.05) is 38.7 Å². The van der Waals surface area contributed by atoms with Gasteiger partial charge >= 0.3 is 0 Å². The molecule has 3 rings (SSSR count). The summed E-state index contributed by atoms with van der Waals surface area (Å²) < 4.78 is 7.11. The van der Waals surface area contributed by atoms with Gasteiger partial charge in [-0.15, -0.1) is 24.0 Å². The van der Waals surface area contributed by atoms with Crippen molar-refractivity contribution < 1.29 is 4.74 Å². The second kappa shape index (κ2) is 10.5. The summed E-state index contributed by atoms with van der Waals surface area (Å²) in [5.74, 6) is 2.41. The molecule has 0 fully saturated rings. The van der Waals surface area contributed by atoms with Gasteiger partial charge in [0.05, 0.1) is 7.11 Å². The second-order valence-corrected chi connectivity index (χ2v) is 5.63. The molecule has 0 spiro atoms. The SMILES string of the molecule is CN=C(NCc1ccc(-n2ccnc2)nc1)NCc1cccc(OC)c1.I. The number of nitrogens with zero attached hydrogens (tertiary/aromatic N) is 4. The third-order valence-electron chi connectivity index (χ3n) is 3.86. The lowest BCUT2D eigenvalue weighted by Gasteiger charge is -2.12. The van der Waals surface area contributed by atoms with Crippen LogP contribution in [0.25, 0.3) is 5.82 Å². The van der Waals surface area contributed by atoms with E-state index in [2.05, 4.69) is 25.6 Å². The Balaban J connectivity index is 0.00000261. The number of ether oxygens (including phenoxy) is 1. The van der Waals surface area contributed by atoms with E-state index in [0.717, 1.165) is 28.7 Å². The maximum absolute atomic E-state index is 5.24. The summed E-state index contributed by atoms with van der Waals surface area (Å²) in [7, 11) is 3.42. The first-order chi connectivity index (χ1) is 12.8. The van der Waals surface area contributed by atoms with Crippen LogP contribution in [0.1, 0.15) is 11.1 Å². The van der Waals surface area contributed by atoms with E-state index in [9.17, 15) is 0 Å². The normalized spacial score (nSPS) is 10.8. The van der Waals surface area contributed by atoms with Gasteiger partial charge in [0.25, 0.3) is 0 Å². The van der Waals surface area contributed by atoms with Crippen LogP contribution in [0, 0.1) is 0 Å². The molecule has 7 nitrogen and oxygen atoms in total. The average molecular weight is 478 g/mol. The molecule has 3 aromatic rings. The van der Waals surface area contributed by atoms with Gasteiger partial charge in [-0.05, 0) is 29.3 Å². The summed E-state index contributed by atoms with van der Waals surface area (Å²) in [5, 5.41) is 6.58. The molecule has 142 valence electrons. The summed E-state index contributed by atoms with van der Waals surface area (Å²) >= 11 is 0. The van der Waals surface area contributed by atoms with Crippen molar-refractivity contribution in [1.82, 2.24) is 25.2 Å². The Morgan fingerprint density at radius 1 is 1.15 bits per heavy atom. The number of methoxy groups -OCH3 is 1. The lowest BCUT2D eigenvalue weighted by molar-refractivity contribution is 0.414. The van der Waals surface area contributed by atoms with Crippen LogP contribution in [-0.4, -0.2) is 34.7 Å². The Kier molecular flexibility index (Phi) is 8.05. The number of benzene rings is 1. The molecule has 0 radical (unpaired) electrons. The van der Waals surface area contributed by atoms with Gasteiger partial charge in [0.15, 0.2) is 5.96 Å². The number of rotatable bonds is 6. The number of halogens is 1. The minimum atomic E-state index is 0. The van der Waals surface area contributed by atoms with E-state index in [1.54, 1.807) is 26.7 Å². The zero-order valence-electron chi connectivity index (χ0n) is 15.3. The topological polar surface area (TPSA) is 76.4 Å². The van der Waals surface area contributed by atoms with E-state index in [4.69, 9.17) is 4.74 Å². The Bertz CT molecular complexity index is 849. The lowest BCUT2D eigenvalue weighted by atomic mass is 10.2. The maximum Gasteiger partial charge on any atom is 0.191 e. The van der Waals surface area contributed by atoms with Crippen molar-refractivity contribution in [3.63, 3.8) is 0 Å². The molecule has 0 aliphatic carbocycles. The first-order valence-corrected chi connectivity index (χ1v) is 8.29. The smallest absolute Gasteiger partial charge is 0.191 e. The molecular weight excluding hydrogens is 455 g/mol. The lowest BCUT2D eigenvalue weighted by Crippen LogP contribution is -2.36. The zero-order chi connectivity index (χ0) is 18.2. The maximum atomic E-state index is 5.24. The predicted octanol–water partition coefficient (Wildman–Crippen LogP) is 2.76. The largest absolute Gasteiger partial charge is 0.497 e. The van der Waals surface area contributed by atoms with Crippen molar-refractivity contribution in [3.05, 3.63) is 72.4 Å². The molecular formula is C19H23IN6O. The third-order valence-corrected chi connectivity index (χ3v) is 3.86. The molecule has 2 N–H and O–H groups in total. The first-order valence-electron chi connectivity index (χ1n) is 8.29. The third kappa shape index (κ3) is 5.95. The molecule has 0 saturated heterocycles. The fourth-order valence-corrected chi connectivity index (χ4v) is 2.44. The molecule has 0 aliphatic heterocycles. The number of pyridine rings is 1. The Morgan fingerprint density at radius 3 is 2.59 bits per heavy atom. The quantitative estimate of drug-likeness (QED) is 0.324. The molecule has 1 aromatic carbocycles. The highest BCUT2D eigenvalue weighted by atomic mass is 127. The van der Waals surface area contributed by atoms with Crippen molar-refractivity contribution in [2.45, 2.75) is 13.1 Å². The standard InChI is InChI=1S/C19H22N6O.HI/c1-20-19(23-11-15-4-3-5-17(10-15)26-2)24-13-16-6-7-18(22-12-16)25-9-8-21-14-25;/h3-10,12,14H,11,13H2,1-2H3,(H2,20,23,24);1H. The fraction of sp³-hybridized carbons (Fsp3) is 0.211. The van der Waals surface area contributed by atoms with E-state index in [0.29, 0.717) is 13.1 Å². The Hall–Kier alpha value is -2.62. The number of guanidine groups is 1. The van der Waals surface area contributed by atoms with Gasteiger partial charge in [-0.3, -0.25) is 9.56 Å². The van der Waals surface area contributed by atoms with Crippen molar-refractivity contribution in [1.29, 1.82) is 0 Å². The van der Waals surface area contributed by atoms with Crippen LogP contribution in [0.15, 0.2) is 66.3 Å². The first kappa shape index (κ1) is 20.7. The average Bonchev–Trinajstić information content (AvgIpc) is 3.23. The summed E-state index contributed by atoms with van der Waals surface area (Å²) in [6, 6.07) is 11.9. The summed E-state index contributed by atoms with van der Waals surface area (Å²) in [6.07, 6.45) is 7.17. The zero-order valence-corrected chi connectivity index (χ0v) is 17.6. The monoisotopic (exact) mass is 478 g/mol. The van der Waals surface area contributed by atoms with E-state index >= 15 is 0 Å². The molecule has 0 bridgehead atoms. The van der Waals surface area contributed by atoms with Crippen LogP contribution >= 0.6 is 24.0 Å². The molecule has 0 atom stereocenters. The van der Waals surface area contributed by atoms with Crippen LogP contribution in [0.5, 0.6) is 5.75 Å². The summed E-state index contributed by atoms with van der Waals surface area (Å²) in [6.45, 7) is 1.30. The number of hydrogen-bond acceptors (Lipinski definition) is 4. The molecule has 2 heterocycles. The van der Waals surface area contributed by atoms with Gasteiger partial charge in [-0.1, -0.05) is 18.2 Å². The summed E-state index contributed by atoms with van der Waals surface area (Å²) in [5.41, 5.74) is 2.19. The van der Waals surface area contributed by atoms with Crippen LogP contribution in [0.4, 0.5) is 0 Å². The Morgan fingerprint density at radius 2 is 1.96 bits per heavy atom. The molecule has 0 aliphatic rings. The minimum absolute atomic E-state index is 0. The van der Waals surface area contributed by atoms with E-state index < -0.39 is 0 Å². The number of hydrogen-bond donors (Lipinski definition) is 2. The van der Waals surface area contributed by atoms with Crippen LogP contribution in [-0.2, 0) is 13.1 Å². The highest BCUT2D eigenvalue weighted by Crippen LogP contribution is 2.12. The Labute approximate surface area is 175 Å². The highest BCUT2D eigenvalue weighted by Gasteiger charge is 2.02. The molecule has 0 saturated carbocycles. The van der Waals surface area contributed by atoms with E-state index in [-0.39, 0.29) is 24.0 Å².